The van der Waals surface area contributed by atoms with Gasteiger partial charge in [0.25, 0.3) is 5.91 Å². The van der Waals surface area contributed by atoms with Gasteiger partial charge in [-0.2, -0.15) is 0 Å². The van der Waals surface area contributed by atoms with Crippen molar-refractivity contribution in [2.75, 3.05) is 11.9 Å². The lowest BCUT2D eigenvalue weighted by Gasteiger charge is -2.18. The van der Waals surface area contributed by atoms with Crippen molar-refractivity contribution in [3.05, 3.63) is 48.5 Å². The van der Waals surface area contributed by atoms with E-state index in [1.54, 1.807) is 0 Å². The van der Waals surface area contributed by atoms with Crippen LogP contribution in [0.5, 0.6) is 5.75 Å². The van der Waals surface area contributed by atoms with Crippen LogP contribution in [0.2, 0.25) is 0 Å². The largest absolute Gasteiger partial charge is 0.482 e. The predicted molar refractivity (Wildman–Crippen MR) is 75.8 cm³/mol. The van der Waals surface area contributed by atoms with E-state index in [0.29, 0.717) is 11.4 Å². The van der Waals surface area contributed by atoms with E-state index in [2.05, 4.69) is 5.32 Å². The zero-order valence-electron chi connectivity index (χ0n) is 10.6. The molecule has 4 heteroatoms. The van der Waals surface area contributed by atoms with Gasteiger partial charge in [0.2, 0.25) is 0 Å². The van der Waals surface area contributed by atoms with Crippen molar-refractivity contribution in [2.45, 2.75) is 0 Å². The first-order chi connectivity index (χ1) is 9.79. The summed E-state index contributed by atoms with van der Waals surface area (Å²) in [6.45, 7) is 0.0665. The summed E-state index contributed by atoms with van der Waals surface area (Å²) in [6, 6.07) is 15.5. The minimum atomic E-state index is -0.140. The molecule has 1 N–H and O–H groups in total. The second-order valence-electron chi connectivity index (χ2n) is 4.70. The molecule has 0 aliphatic carbocycles. The molecule has 4 nitrogen and oxygen atoms in total. The Labute approximate surface area is 115 Å². The molecule has 98 valence electrons. The molecular weight excluding hydrogens is 254 g/mol. The third-order valence-corrected chi connectivity index (χ3v) is 3.32. The van der Waals surface area contributed by atoms with Crippen LogP contribution in [0.25, 0.3) is 22.3 Å². The number of benzene rings is 2. The third kappa shape index (κ3) is 1.73. The molecule has 0 bridgehead atoms. The number of amides is 1. The Hall–Kier alpha value is -2.75. The van der Waals surface area contributed by atoms with E-state index in [1.165, 1.54) is 0 Å². The first kappa shape index (κ1) is 11.1. The van der Waals surface area contributed by atoms with E-state index in [9.17, 15) is 4.79 Å². The fourth-order valence-electron chi connectivity index (χ4n) is 2.36. The molecule has 3 aromatic rings. The molecule has 0 atom stereocenters. The smallest absolute Gasteiger partial charge is 0.262 e. The van der Waals surface area contributed by atoms with Crippen molar-refractivity contribution < 1.29 is 13.9 Å². The van der Waals surface area contributed by atoms with Gasteiger partial charge in [0.1, 0.15) is 17.1 Å². The molecule has 2 aromatic carbocycles. The number of fused-ring (bicyclic) bond motifs is 2. The van der Waals surface area contributed by atoms with E-state index >= 15 is 0 Å². The average Bonchev–Trinajstić information content (AvgIpc) is 2.90. The number of para-hydroxylation sites is 1. The molecule has 0 radical (unpaired) electrons. The summed E-state index contributed by atoms with van der Waals surface area (Å²) in [6.07, 6.45) is 0. The summed E-state index contributed by atoms with van der Waals surface area (Å²) in [5, 5.41) is 3.85. The van der Waals surface area contributed by atoms with Gasteiger partial charge in [-0.15, -0.1) is 0 Å². The SMILES string of the molecule is O=C1COc2ccc(-c3cc4ccccc4o3)cc2N1. The van der Waals surface area contributed by atoms with Gasteiger partial charge in [0.15, 0.2) is 6.61 Å². The number of furan rings is 1. The molecule has 0 saturated carbocycles. The Morgan fingerprint density at radius 2 is 1.95 bits per heavy atom. The van der Waals surface area contributed by atoms with Crippen LogP contribution >= 0.6 is 0 Å². The normalized spacial score (nSPS) is 13.7. The van der Waals surface area contributed by atoms with Gasteiger partial charge >= 0.3 is 0 Å². The first-order valence-corrected chi connectivity index (χ1v) is 6.35. The van der Waals surface area contributed by atoms with E-state index in [4.69, 9.17) is 9.15 Å². The summed E-state index contributed by atoms with van der Waals surface area (Å²) in [7, 11) is 0. The Kier molecular flexibility index (Phi) is 2.29. The minimum Gasteiger partial charge on any atom is -0.482 e. The van der Waals surface area contributed by atoms with Gasteiger partial charge in [-0.3, -0.25) is 4.79 Å². The number of carbonyl (C=O) groups excluding carboxylic acids is 1. The molecule has 0 unspecified atom stereocenters. The Bertz CT molecular complexity index is 786. The number of nitrogens with one attached hydrogen (secondary N) is 1. The highest BCUT2D eigenvalue weighted by Crippen LogP contribution is 2.34. The Morgan fingerprint density at radius 3 is 2.85 bits per heavy atom. The van der Waals surface area contributed by atoms with Crippen molar-refractivity contribution in [1.82, 2.24) is 0 Å². The van der Waals surface area contributed by atoms with Crippen molar-refractivity contribution in [1.29, 1.82) is 0 Å². The predicted octanol–water partition coefficient (Wildman–Crippen LogP) is 3.43. The highest BCUT2D eigenvalue weighted by molar-refractivity contribution is 5.96. The molecule has 20 heavy (non-hydrogen) atoms. The molecule has 1 aliphatic rings. The molecule has 1 aliphatic heterocycles. The van der Waals surface area contributed by atoms with Crippen LogP contribution in [-0.4, -0.2) is 12.5 Å². The van der Waals surface area contributed by atoms with Gasteiger partial charge in [-0.05, 0) is 30.3 Å². The molecular formula is C16H11NO3. The second kappa shape index (κ2) is 4.13. The zero-order chi connectivity index (χ0) is 13.5. The second-order valence-corrected chi connectivity index (χ2v) is 4.70. The van der Waals surface area contributed by atoms with E-state index in [0.717, 1.165) is 22.3 Å². The standard InChI is InChI=1S/C16H11NO3/c18-16-9-19-14-6-5-11(7-12(14)17-16)15-8-10-3-1-2-4-13(10)20-15/h1-8H,9H2,(H,17,18). The van der Waals surface area contributed by atoms with Crippen LogP contribution in [0.15, 0.2) is 52.9 Å². The molecule has 2 heterocycles. The Balaban J connectivity index is 1.82. The maximum absolute atomic E-state index is 11.4. The van der Waals surface area contributed by atoms with Crippen LogP contribution < -0.4 is 10.1 Å². The lowest BCUT2D eigenvalue weighted by atomic mass is 10.1. The molecule has 0 fully saturated rings. The van der Waals surface area contributed by atoms with Gasteiger partial charge in [-0.25, -0.2) is 0 Å². The lowest BCUT2D eigenvalue weighted by Crippen LogP contribution is -2.25. The van der Waals surface area contributed by atoms with Crippen LogP contribution in [0.1, 0.15) is 0 Å². The number of ether oxygens (including phenoxy) is 1. The number of hydrogen-bond donors (Lipinski definition) is 1. The van der Waals surface area contributed by atoms with Gasteiger partial charge < -0.3 is 14.5 Å². The average molecular weight is 265 g/mol. The summed E-state index contributed by atoms with van der Waals surface area (Å²) >= 11 is 0. The number of rotatable bonds is 1. The van der Waals surface area contributed by atoms with Crippen LogP contribution in [0.4, 0.5) is 5.69 Å². The fourth-order valence-corrected chi connectivity index (χ4v) is 2.36. The van der Waals surface area contributed by atoms with Gasteiger partial charge in [-0.1, -0.05) is 18.2 Å². The van der Waals surface area contributed by atoms with Gasteiger partial charge in [0.05, 0.1) is 5.69 Å². The summed E-state index contributed by atoms with van der Waals surface area (Å²) in [5.41, 5.74) is 2.44. The fraction of sp³-hybridized carbons (Fsp3) is 0.0625. The Morgan fingerprint density at radius 1 is 1.05 bits per heavy atom. The van der Waals surface area contributed by atoms with Crippen LogP contribution in [0, 0.1) is 0 Å². The maximum atomic E-state index is 11.4. The number of anilines is 1. The molecule has 0 saturated heterocycles. The van der Waals surface area contributed by atoms with Crippen LogP contribution in [-0.2, 0) is 4.79 Å². The number of carbonyl (C=O) groups is 1. The van der Waals surface area contributed by atoms with Gasteiger partial charge in [0, 0.05) is 10.9 Å². The summed E-state index contributed by atoms with van der Waals surface area (Å²) < 4.78 is 11.2. The molecule has 1 aromatic heterocycles. The molecule has 4 rings (SSSR count). The summed E-state index contributed by atoms with van der Waals surface area (Å²) in [5.74, 6) is 1.32. The topological polar surface area (TPSA) is 51.5 Å². The van der Waals surface area contributed by atoms with E-state index in [-0.39, 0.29) is 12.5 Å². The van der Waals surface area contributed by atoms with Crippen molar-refractivity contribution in [2.24, 2.45) is 0 Å². The molecule has 0 spiro atoms. The quantitative estimate of drug-likeness (QED) is 0.733. The first-order valence-electron chi connectivity index (χ1n) is 6.35. The molecule has 1 amide bonds. The maximum Gasteiger partial charge on any atom is 0.262 e. The van der Waals surface area contributed by atoms with Crippen molar-refractivity contribution >= 4 is 22.6 Å². The van der Waals surface area contributed by atoms with Crippen LogP contribution in [0.3, 0.4) is 0 Å². The summed E-state index contributed by atoms with van der Waals surface area (Å²) in [4.78, 5) is 11.4. The van der Waals surface area contributed by atoms with E-state index in [1.807, 2.05) is 48.5 Å². The lowest BCUT2D eigenvalue weighted by molar-refractivity contribution is -0.118. The zero-order valence-corrected chi connectivity index (χ0v) is 10.6. The van der Waals surface area contributed by atoms with E-state index < -0.39 is 0 Å². The third-order valence-electron chi connectivity index (χ3n) is 3.32. The van der Waals surface area contributed by atoms with Crippen molar-refractivity contribution in [3.8, 4) is 17.1 Å². The highest BCUT2D eigenvalue weighted by atomic mass is 16.5. The van der Waals surface area contributed by atoms with Crippen molar-refractivity contribution in [3.63, 3.8) is 0 Å². The highest BCUT2D eigenvalue weighted by Gasteiger charge is 2.17. The minimum absolute atomic E-state index is 0.0665. The number of hydrogen-bond acceptors (Lipinski definition) is 3. The monoisotopic (exact) mass is 265 g/mol.